The monoisotopic (exact) mass is 164 g/mol. The molecule has 1 atom stereocenters. The number of rotatable bonds is 0. The predicted octanol–water partition coefficient (Wildman–Crippen LogP) is 3.11. The predicted molar refractivity (Wildman–Crippen MR) is 50.2 cm³/mol. The van der Waals surface area contributed by atoms with E-state index in [-0.39, 0.29) is 7.07 Å². The summed E-state index contributed by atoms with van der Waals surface area (Å²) in [5, 5.41) is 1.45. The number of hydrogen-bond donors (Lipinski definition) is 0. The summed E-state index contributed by atoms with van der Waals surface area (Å²) in [5.41, 5.74) is 3.34. The molecule has 0 aromatic heterocycles. The van der Waals surface area contributed by atoms with Crippen LogP contribution in [-0.4, -0.2) is 5.80 Å². The van der Waals surface area contributed by atoms with Crippen LogP contribution >= 0.6 is 15.0 Å². The van der Waals surface area contributed by atoms with E-state index in [2.05, 4.69) is 35.7 Å². The highest BCUT2D eigenvalue weighted by atomic mass is 32.0. The van der Waals surface area contributed by atoms with Crippen molar-refractivity contribution in [2.75, 3.05) is 0 Å². The molecule has 0 aliphatic carbocycles. The van der Waals surface area contributed by atoms with Gasteiger partial charge in [0.15, 0.2) is 0 Å². The van der Waals surface area contributed by atoms with Crippen molar-refractivity contribution in [2.24, 2.45) is 0 Å². The van der Waals surface area contributed by atoms with Gasteiger partial charge >= 0.3 is 0 Å². The first-order valence-electron chi connectivity index (χ1n) is 3.10. The molecule has 0 bridgehead atoms. The van der Waals surface area contributed by atoms with Crippen molar-refractivity contribution in [2.45, 2.75) is 0 Å². The fourth-order valence-electron chi connectivity index (χ4n) is 0.878. The quantitative estimate of drug-likeness (QED) is 0.482. The maximum atomic E-state index is 3.34. The van der Waals surface area contributed by atoms with Crippen molar-refractivity contribution < 1.29 is 0 Å². The smallest absolute Gasteiger partial charge is 0.00938 e. The minimum Gasteiger partial charge on any atom is -0.0889 e. The van der Waals surface area contributed by atoms with E-state index in [1.807, 2.05) is 6.08 Å². The van der Waals surface area contributed by atoms with Gasteiger partial charge in [-0.2, -0.15) is 0 Å². The molecule has 2 rings (SSSR count). The summed E-state index contributed by atoms with van der Waals surface area (Å²) in [6, 6.07) is 0. The molecule has 0 aromatic carbocycles. The van der Waals surface area contributed by atoms with E-state index < -0.39 is 0 Å². The lowest BCUT2D eigenvalue weighted by molar-refractivity contribution is 1.86. The van der Waals surface area contributed by atoms with Gasteiger partial charge in [0.05, 0.1) is 0 Å². The summed E-state index contributed by atoms with van der Waals surface area (Å²) in [4.78, 5) is 0. The van der Waals surface area contributed by atoms with Crippen LogP contribution in [0.2, 0.25) is 0 Å². The minimum atomic E-state index is -0.0921. The Bertz CT molecular complexity index is 342. The number of allylic oxidation sites excluding steroid dienone is 6. The molecule has 2 aliphatic heterocycles. The third-order valence-electron chi connectivity index (χ3n) is 1.34. The largest absolute Gasteiger partial charge is 0.0889 e. The summed E-state index contributed by atoms with van der Waals surface area (Å²) >= 11 is 0. The first-order valence-corrected chi connectivity index (χ1v) is 6.12. The van der Waals surface area contributed by atoms with Crippen molar-refractivity contribution in [3.63, 3.8) is 0 Å². The lowest BCUT2D eigenvalue weighted by Gasteiger charge is -2.03. The van der Waals surface area contributed by atoms with E-state index in [1.54, 1.807) is 0 Å². The van der Waals surface area contributed by atoms with Crippen LogP contribution < -0.4 is 0 Å². The average Bonchev–Trinajstić information content (AvgIpc) is 2.05. The van der Waals surface area contributed by atoms with Gasteiger partial charge in [0.1, 0.15) is 0 Å². The van der Waals surface area contributed by atoms with Gasteiger partial charge in [-0.25, -0.2) is 0 Å². The van der Waals surface area contributed by atoms with Crippen molar-refractivity contribution in [3.05, 3.63) is 35.7 Å². The van der Waals surface area contributed by atoms with Crippen LogP contribution in [0.25, 0.3) is 0 Å². The van der Waals surface area contributed by atoms with Gasteiger partial charge < -0.3 is 0 Å². The molecule has 10 heavy (non-hydrogen) atoms. The second-order valence-electron chi connectivity index (χ2n) is 2.02. The summed E-state index contributed by atoms with van der Waals surface area (Å²) in [7, 11) is 1.32. The molecule has 0 saturated carbocycles. The van der Waals surface area contributed by atoms with Crippen LogP contribution in [0.3, 0.4) is 0 Å². The molecule has 0 nitrogen and oxygen atoms in total. The fraction of sp³-hybridized carbons (Fsp3) is 0. The first-order chi connectivity index (χ1) is 4.97. The Morgan fingerprint density at radius 1 is 1.40 bits per heavy atom. The Morgan fingerprint density at radius 2 is 2.40 bits per heavy atom. The standard InChI is InChI=1S/C8H6P2/c1-2-7-10-8(4-1)5-3-6-9-10/h1-6H. The second kappa shape index (κ2) is 2.60. The zero-order valence-electron chi connectivity index (χ0n) is 5.36. The molecule has 0 aromatic rings. The van der Waals surface area contributed by atoms with Crippen molar-refractivity contribution in [3.8, 4) is 5.63 Å². The van der Waals surface area contributed by atoms with E-state index in [1.165, 1.54) is 13.2 Å². The molecule has 2 aliphatic rings. The maximum Gasteiger partial charge on any atom is 0.00938 e. The van der Waals surface area contributed by atoms with Crippen LogP contribution in [0.5, 0.6) is 0 Å². The summed E-state index contributed by atoms with van der Waals surface area (Å²) in [6.45, 7) is 0. The highest BCUT2D eigenvalue weighted by Crippen LogP contribution is 2.47. The molecule has 0 amide bonds. The SMILES string of the molecule is C1#P2P=CC=CC2=CC=C1. The van der Waals surface area contributed by atoms with Crippen LogP contribution in [0.15, 0.2) is 35.7 Å². The molecule has 48 valence electrons. The van der Waals surface area contributed by atoms with Gasteiger partial charge in [-0.3, -0.25) is 0 Å². The maximum absolute atomic E-state index is 3.34. The van der Waals surface area contributed by atoms with Gasteiger partial charge in [-0.1, -0.05) is 17.8 Å². The summed E-state index contributed by atoms with van der Waals surface area (Å²) < 4.78 is 0. The highest BCUT2D eigenvalue weighted by molar-refractivity contribution is 8.17. The number of fused-ring (bicyclic) bond motifs is 1. The molecule has 2 heterocycles. The third-order valence-corrected chi connectivity index (χ3v) is 5.19. The van der Waals surface area contributed by atoms with Crippen molar-refractivity contribution >= 4 is 20.8 Å². The lowest BCUT2D eigenvalue weighted by Crippen LogP contribution is -1.73. The molecule has 0 N–H and O–H groups in total. The third kappa shape index (κ3) is 1.02. The Hall–Kier alpha value is -0.530. The van der Waals surface area contributed by atoms with Gasteiger partial charge in [0.2, 0.25) is 0 Å². The molecular weight excluding hydrogens is 158 g/mol. The minimum absolute atomic E-state index is 0.0921. The Balaban J connectivity index is 2.59. The normalized spacial score (nSPS) is 24.4. The van der Waals surface area contributed by atoms with Gasteiger partial charge in [0, 0.05) is 5.31 Å². The molecule has 0 radical (unpaired) electrons. The Labute approximate surface area is 62.7 Å². The van der Waals surface area contributed by atoms with Gasteiger partial charge in [-0.05, 0) is 39.0 Å². The molecular formula is C8H6P2. The van der Waals surface area contributed by atoms with Gasteiger partial charge in [-0.15, -0.1) is 0 Å². The van der Waals surface area contributed by atoms with E-state index in [0.29, 0.717) is 0 Å². The van der Waals surface area contributed by atoms with Crippen molar-refractivity contribution in [1.29, 1.82) is 0 Å². The number of hydrogen-bond acceptors (Lipinski definition) is 0. The topological polar surface area (TPSA) is 0 Å². The summed E-state index contributed by atoms with van der Waals surface area (Å²) in [5.74, 6) is 2.19. The average molecular weight is 164 g/mol. The Morgan fingerprint density at radius 3 is 3.30 bits per heavy atom. The lowest BCUT2D eigenvalue weighted by atomic mass is 10.4. The zero-order valence-corrected chi connectivity index (χ0v) is 7.15. The molecule has 1 unspecified atom stereocenters. The molecule has 0 saturated heterocycles. The summed E-state index contributed by atoms with van der Waals surface area (Å²) in [6.07, 6.45) is 10.6. The zero-order chi connectivity index (χ0) is 6.81. The van der Waals surface area contributed by atoms with Crippen LogP contribution in [0.4, 0.5) is 0 Å². The molecule has 0 spiro atoms. The van der Waals surface area contributed by atoms with Crippen LogP contribution in [0, 0.1) is 5.63 Å². The van der Waals surface area contributed by atoms with Crippen LogP contribution in [-0.2, 0) is 0 Å². The van der Waals surface area contributed by atoms with Crippen molar-refractivity contribution in [1.82, 2.24) is 0 Å². The first kappa shape index (κ1) is 6.20. The van der Waals surface area contributed by atoms with E-state index >= 15 is 0 Å². The highest BCUT2D eigenvalue weighted by Gasteiger charge is 1.98. The fourth-order valence-corrected chi connectivity index (χ4v) is 4.04. The second-order valence-corrected chi connectivity index (χ2v) is 5.84. The van der Waals surface area contributed by atoms with E-state index in [0.717, 1.165) is 0 Å². The van der Waals surface area contributed by atoms with E-state index in [4.69, 9.17) is 0 Å². The van der Waals surface area contributed by atoms with Gasteiger partial charge in [0.25, 0.3) is 0 Å². The Kier molecular flexibility index (Phi) is 1.61. The van der Waals surface area contributed by atoms with E-state index in [9.17, 15) is 0 Å². The molecule has 0 fully saturated rings. The van der Waals surface area contributed by atoms with Crippen LogP contribution in [0.1, 0.15) is 0 Å². The molecule has 2 heteroatoms.